The van der Waals surface area contributed by atoms with Gasteiger partial charge in [-0.3, -0.25) is 4.90 Å². The molecule has 0 radical (unpaired) electrons. The first-order valence-electron chi connectivity index (χ1n) is 7.74. The van der Waals surface area contributed by atoms with Gasteiger partial charge in [0.2, 0.25) is 0 Å². The minimum absolute atomic E-state index is 0.623. The van der Waals surface area contributed by atoms with Crippen molar-refractivity contribution in [1.82, 2.24) is 9.88 Å². The smallest absolute Gasteiger partial charge is 0.185 e. The lowest BCUT2D eigenvalue weighted by Crippen LogP contribution is -2.46. The second-order valence-electron chi connectivity index (χ2n) is 5.67. The number of rotatable bonds is 3. The summed E-state index contributed by atoms with van der Waals surface area (Å²) >= 11 is 5.38. The molecule has 0 N–H and O–H groups in total. The Bertz CT molecular complexity index is 672. The summed E-state index contributed by atoms with van der Waals surface area (Å²) in [4.78, 5) is 9.23. The third kappa shape index (κ3) is 3.32. The zero-order chi connectivity index (χ0) is 15.6. The highest BCUT2D eigenvalue weighted by Gasteiger charge is 2.21. The zero-order valence-electron chi connectivity index (χ0n) is 12.7. The van der Waals surface area contributed by atoms with E-state index in [0.29, 0.717) is 13.2 Å². The van der Waals surface area contributed by atoms with Crippen LogP contribution in [-0.4, -0.2) is 49.3 Å². The molecule has 2 aliphatic heterocycles. The molecule has 23 heavy (non-hydrogen) atoms. The summed E-state index contributed by atoms with van der Waals surface area (Å²) in [6, 6.07) is 4.13. The van der Waals surface area contributed by atoms with Crippen LogP contribution >= 0.6 is 27.3 Å². The Kier molecular flexibility index (Phi) is 4.41. The van der Waals surface area contributed by atoms with Crippen LogP contribution in [0.1, 0.15) is 5.56 Å². The van der Waals surface area contributed by atoms with E-state index in [1.165, 1.54) is 5.56 Å². The van der Waals surface area contributed by atoms with Crippen molar-refractivity contribution in [3.63, 3.8) is 0 Å². The minimum Gasteiger partial charge on any atom is -0.486 e. The lowest BCUT2D eigenvalue weighted by Gasteiger charge is -2.34. The number of hydrogen-bond donors (Lipinski definition) is 0. The summed E-state index contributed by atoms with van der Waals surface area (Å²) < 4.78 is 12.4. The van der Waals surface area contributed by atoms with Crippen molar-refractivity contribution in [1.29, 1.82) is 0 Å². The van der Waals surface area contributed by atoms with Crippen LogP contribution in [0.3, 0.4) is 0 Å². The standard InChI is InChI=1S/C16H18BrN3O2S/c17-13-10-15-14(21-6-7-22-15)9-12(13)11-19-2-4-20(5-3-19)16-18-1-8-23-16/h1,8-10H,2-7,11H2. The largest absolute Gasteiger partial charge is 0.486 e. The molecule has 2 aliphatic rings. The quantitative estimate of drug-likeness (QED) is 0.798. The molecule has 1 aromatic carbocycles. The molecule has 0 unspecified atom stereocenters. The van der Waals surface area contributed by atoms with Crippen LogP contribution in [-0.2, 0) is 6.54 Å². The molecule has 122 valence electrons. The second-order valence-corrected chi connectivity index (χ2v) is 7.39. The van der Waals surface area contributed by atoms with Crippen molar-refractivity contribution in [3.05, 3.63) is 33.7 Å². The van der Waals surface area contributed by atoms with Crippen molar-refractivity contribution < 1.29 is 9.47 Å². The van der Waals surface area contributed by atoms with Crippen LogP contribution < -0.4 is 14.4 Å². The van der Waals surface area contributed by atoms with Crippen LogP contribution in [0.4, 0.5) is 5.13 Å². The number of ether oxygens (including phenoxy) is 2. The van der Waals surface area contributed by atoms with Gasteiger partial charge >= 0.3 is 0 Å². The first-order valence-corrected chi connectivity index (χ1v) is 9.42. The molecule has 0 spiro atoms. The Balaban J connectivity index is 1.41. The van der Waals surface area contributed by atoms with Crippen molar-refractivity contribution in [3.8, 4) is 11.5 Å². The van der Waals surface area contributed by atoms with E-state index < -0.39 is 0 Å². The van der Waals surface area contributed by atoms with Gasteiger partial charge in [-0.1, -0.05) is 15.9 Å². The number of hydrogen-bond acceptors (Lipinski definition) is 6. The molecule has 0 atom stereocenters. The number of piperazine rings is 1. The summed E-state index contributed by atoms with van der Waals surface area (Å²) in [6.45, 7) is 6.30. The molecule has 0 amide bonds. The fraction of sp³-hybridized carbons (Fsp3) is 0.438. The number of halogens is 1. The molecular formula is C16H18BrN3O2S. The molecule has 7 heteroatoms. The number of benzene rings is 1. The van der Waals surface area contributed by atoms with Gasteiger partial charge in [0.1, 0.15) is 13.2 Å². The predicted octanol–water partition coefficient (Wildman–Crippen LogP) is 3.00. The predicted molar refractivity (Wildman–Crippen MR) is 94.7 cm³/mol. The van der Waals surface area contributed by atoms with Gasteiger partial charge in [0.05, 0.1) is 0 Å². The summed E-state index contributed by atoms with van der Waals surface area (Å²) in [7, 11) is 0. The minimum atomic E-state index is 0.623. The average molecular weight is 396 g/mol. The summed E-state index contributed by atoms with van der Waals surface area (Å²) in [5, 5.41) is 3.17. The molecule has 1 fully saturated rings. The Morgan fingerprint density at radius 2 is 1.83 bits per heavy atom. The molecule has 5 nitrogen and oxygen atoms in total. The first kappa shape index (κ1) is 15.2. The highest BCUT2D eigenvalue weighted by molar-refractivity contribution is 9.10. The molecule has 4 rings (SSSR count). The van der Waals surface area contributed by atoms with Gasteiger partial charge in [-0.2, -0.15) is 0 Å². The van der Waals surface area contributed by atoms with E-state index in [-0.39, 0.29) is 0 Å². The Labute approximate surface area is 148 Å². The molecular weight excluding hydrogens is 378 g/mol. The molecule has 1 aromatic heterocycles. The van der Waals surface area contributed by atoms with Gasteiger partial charge in [-0.25, -0.2) is 4.98 Å². The van der Waals surface area contributed by atoms with Gasteiger partial charge < -0.3 is 14.4 Å². The van der Waals surface area contributed by atoms with E-state index in [1.54, 1.807) is 11.3 Å². The molecule has 1 saturated heterocycles. The van der Waals surface area contributed by atoms with Gasteiger partial charge in [0.15, 0.2) is 16.6 Å². The number of nitrogens with zero attached hydrogens (tertiary/aromatic N) is 3. The van der Waals surface area contributed by atoms with Crippen LogP contribution in [0.15, 0.2) is 28.2 Å². The second kappa shape index (κ2) is 6.67. The van der Waals surface area contributed by atoms with Crippen molar-refractivity contribution in [2.75, 3.05) is 44.3 Å². The third-order valence-corrected chi connectivity index (χ3v) is 5.74. The van der Waals surface area contributed by atoms with Crippen LogP contribution in [0.2, 0.25) is 0 Å². The zero-order valence-corrected chi connectivity index (χ0v) is 15.1. The Hall–Kier alpha value is -1.31. The highest BCUT2D eigenvalue weighted by atomic mass is 79.9. The fourth-order valence-electron chi connectivity index (χ4n) is 2.94. The van der Waals surface area contributed by atoms with E-state index in [2.05, 4.69) is 36.8 Å². The van der Waals surface area contributed by atoms with E-state index in [9.17, 15) is 0 Å². The third-order valence-electron chi connectivity index (χ3n) is 4.17. The van der Waals surface area contributed by atoms with Gasteiger partial charge in [0.25, 0.3) is 0 Å². The molecule has 3 heterocycles. The maximum Gasteiger partial charge on any atom is 0.185 e. The fourth-order valence-corrected chi connectivity index (χ4v) is 4.08. The van der Waals surface area contributed by atoms with Crippen LogP contribution in [0.5, 0.6) is 11.5 Å². The van der Waals surface area contributed by atoms with Gasteiger partial charge in [-0.15, -0.1) is 11.3 Å². The summed E-state index contributed by atoms with van der Waals surface area (Å²) in [5.74, 6) is 1.69. The molecule has 2 aromatic rings. The van der Waals surface area contributed by atoms with Crippen molar-refractivity contribution in [2.24, 2.45) is 0 Å². The maximum atomic E-state index is 5.69. The van der Waals surface area contributed by atoms with Crippen molar-refractivity contribution >= 4 is 32.4 Å². The van der Waals surface area contributed by atoms with Crippen LogP contribution in [0.25, 0.3) is 0 Å². The lowest BCUT2D eigenvalue weighted by molar-refractivity contribution is 0.170. The molecule has 0 saturated carbocycles. The van der Waals surface area contributed by atoms with Crippen molar-refractivity contribution in [2.45, 2.75) is 6.54 Å². The van der Waals surface area contributed by atoms with Crippen LogP contribution in [0, 0.1) is 0 Å². The number of thiazole rings is 1. The molecule has 0 aliphatic carbocycles. The summed E-state index contributed by atoms with van der Waals surface area (Å²) in [6.07, 6.45) is 1.87. The topological polar surface area (TPSA) is 37.8 Å². The van der Waals surface area contributed by atoms with E-state index >= 15 is 0 Å². The molecule has 0 bridgehead atoms. The average Bonchev–Trinajstić information content (AvgIpc) is 3.11. The lowest BCUT2D eigenvalue weighted by atomic mass is 10.1. The summed E-state index contributed by atoms with van der Waals surface area (Å²) in [5.41, 5.74) is 1.25. The first-order chi connectivity index (χ1) is 11.3. The normalized spacial score (nSPS) is 18.2. The maximum absolute atomic E-state index is 5.69. The van der Waals surface area contributed by atoms with Gasteiger partial charge in [-0.05, 0) is 17.7 Å². The Morgan fingerprint density at radius 3 is 2.52 bits per heavy atom. The van der Waals surface area contributed by atoms with E-state index in [1.807, 2.05) is 17.6 Å². The highest BCUT2D eigenvalue weighted by Crippen LogP contribution is 2.36. The Morgan fingerprint density at radius 1 is 1.09 bits per heavy atom. The number of fused-ring (bicyclic) bond motifs is 1. The SMILES string of the molecule is Brc1cc2c(cc1CN1CCN(c3nccs3)CC1)OCCO2. The number of anilines is 1. The number of aromatic nitrogens is 1. The van der Waals surface area contributed by atoms with E-state index in [4.69, 9.17) is 9.47 Å². The monoisotopic (exact) mass is 395 g/mol. The van der Waals surface area contributed by atoms with E-state index in [0.717, 1.165) is 53.8 Å². The van der Waals surface area contributed by atoms with Gasteiger partial charge in [0, 0.05) is 48.8 Å².